The van der Waals surface area contributed by atoms with Gasteiger partial charge in [-0.2, -0.15) is 0 Å². The number of rotatable bonds is 4. The summed E-state index contributed by atoms with van der Waals surface area (Å²) in [6.07, 6.45) is -0.0305. The molecule has 2 aromatic carbocycles. The molecule has 1 fully saturated rings. The fraction of sp³-hybridized carbons (Fsp3) is 0.235. The van der Waals surface area contributed by atoms with E-state index in [0.29, 0.717) is 6.54 Å². The summed E-state index contributed by atoms with van der Waals surface area (Å²) in [5.41, 5.74) is 3.14. The Kier molecular flexibility index (Phi) is 4.19. The number of primary sulfonamides is 1. The maximum Gasteiger partial charge on any atom is 0.224 e. The lowest BCUT2D eigenvalue weighted by Gasteiger charge is -2.17. The molecule has 2 N–H and O–H groups in total. The average molecular weight is 330 g/mol. The average Bonchev–Trinajstić information content (AvgIpc) is 2.90. The summed E-state index contributed by atoms with van der Waals surface area (Å²) in [6, 6.07) is 17.9. The molecule has 1 heterocycles. The van der Waals surface area contributed by atoms with Crippen molar-refractivity contribution in [3.63, 3.8) is 0 Å². The molecule has 6 heteroatoms. The third-order valence-corrected chi connectivity index (χ3v) is 5.30. The van der Waals surface area contributed by atoms with Crippen LogP contribution in [0, 0.1) is 0 Å². The minimum atomic E-state index is -3.67. The third kappa shape index (κ3) is 3.60. The van der Waals surface area contributed by atoms with Gasteiger partial charge in [0.2, 0.25) is 15.9 Å². The zero-order valence-electron chi connectivity index (χ0n) is 12.6. The molecule has 23 heavy (non-hydrogen) atoms. The van der Waals surface area contributed by atoms with Gasteiger partial charge in [0.1, 0.15) is 5.25 Å². The van der Waals surface area contributed by atoms with Crippen molar-refractivity contribution in [2.75, 3.05) is 6.54 Å². The summed E-state index contributed by atoms with van der Waals surface area (Å²) in [7, 11) is -3.67. The van der Waals surface area contributed by atoms with Gasteiger partial charge in [0.05, 0.1) is 0 Å². The van der Waals surface area contributed by atoms with Gasteiger partial charge >= 0.3 is 0 Å². The van der Waals surface area contributed by atoms with Gasteiger partial charge in [-0.25, -0.2) is 13.6 Å². The zero-order valence-corrected chi connectivity index (χ0v) is 13.4. The molecular formula is C17H18N2O3S. The summed E-state index contributed by atoms with van der Waals surface area (Å²) in [6.45, 7) is 0.554. The van der Waals surface area contributed by atoms with E-state index in [4.69, 9.17) is 5.14 Å². The number of sulfonamides is 1. The van der Waals surface area contributed by atoms with Crippen LogP contribution in [0.1, 0.15) is 12.0 Å². The highest BCUT2D eigenvalue weighted by Crippen LogP contribution is 2.23. The number of carbonyl (C=O) groups excluding carboxylic acids is 1. The van der Waals surface area contributed by atoms with Crippen molar-refractivity contribution in [2.45, 2.75) is 18.2 Å². The van der Waals surface area contributed by atoms with Crippen molar-refractivity contribution < 1.29 is 13.2 Å². The van der Waals surface area contributed by atoms with Crippen molar-refractivity contribution in [1.29, 1.82) is 0 Å². The zero-order chi connectivity index (χ0) is 16.4. The van der Waals surface area contributed by atoms with Crippen LogP contribution in [-0.2, 0) is 21.4 Å². The van der Waals surface area contributed by atoms with Gasteiger partial charge in [0.25, 0.3) is 0 Å². The Morgan fingerprint density at radius 3 is 2.39 bits per heavy atom. The summed E-state index contributed by atoms with van der Waals surface area (Å²) < 4.78 is 22.8. The monoisotopic (exact) mass is 330 g/mol. The summed E-state index contributed by atoms with van der Waals surface area (Å²) in [5, 5.41) is 4.35. The number of nitrogens with zero attached hydrogens (tertiary/aromatic N) is 1. The SMILES string of the molecule is NS(=O)(=O)C1CC(=O)N(Cc2cccc(-c3ccccc3)c2)C1. The minimum Gasteiger partial charge on any atom is -0.337 e. The molecule has 1 unspecified atom stereocenters. The Labute approximate surface area is 135 Å². The predicted octanol–water partition coefficient (Wildman–Crippen LogP) is 1.74. The molecule has 1 atom stereocenters. The largest absolute Gasteiger partial charge is 0.337 e. The number of carbonyl (C=O) groups is 1. The van der Waals surface area contributed by atoms with Crippen LogP contribution in [0.25, 0.3) is 11.1 Å². The predicted molar refractivity (Wildman–Crippen MR) is 88.8 cm³/mol. The second-order valence-electron chi connectivity index (χ2n) is 5.76. The molecule has 0 bridgehead atoms. The molecule has 0 radical (unpaired) electrons. The van der Waals surface area contributed by atoms with Crippen molar-refractivity contribution in [3.05, 3.63) is 60.2 Å². The first-order valence-electron chi connectivity index (χ1n) is 7.37. The van der Waals surface area contributed by atoms with Gasteiger partial charge in [-0.3, -0.25) is 4.79 Å². The number of hydrogen-bond donors (Lipinski definition) is 1. The fourth-order valence-electron chi connectivity index (χ4n) is 2.81. The van der Waals surface area contributed by atoms with Gasteiger partial charge in [-0.05, 0) is 22.8 Å². The van der Waals surface area contributed by atoms with Gasteiger partial charge in [-0.1, -0.05) is 48.5 Å². The Morgan fingerprint density at radius 2 is 1.74 bits per heavy atom. The Balaban J connectivity index is 1.78. The Bertz CT molecular complexity index is 819. The van der Waals surface area contributed by atoms with E-state index in [1.807, 2.05) is 54.6 Å². The van der Waals surface area contributed by atoms with Gasteiger partial charge in [-0.15, -0.1) is 0 Å². The molecule has 1 aliphatic heterocycles. The molecule has 0 aromatic heterocycles. The van der Waals surface area contributed by atoms with E-state index < -0.39 is 15.3 Å². The quantitative estimate of drug-likeness (QED) is 0.927. The molecule has 0 saturated carbocycles. The van der Waals surface area contributed by atoms with Crippen LogP contribution < -0.4 is 5.14 Å². The second-order valence-corrected chi connectivity index (χ2v) is 7.60. The first-order valence-corrected chi connectivity index (χ1v) is 8.98. The van der Waals surface area contributed by atoms with Crippen molar-refractivity contribution >= 4 is 15.9 Å². The summed E-state index contributed by atoms with van der Waals surface area (Å²) in [5.74, 6) is -0.172. The highest BCUT2D eigenvalue weighted by molar-refractivity contribution is 7.89. The molecule has 120 valence electrons. The van der Waals surface area contributed by atoms with E-state index in [2.05, 4.69) is 0 Å². The number of likely N-dealkylation sites (tertiary alicyclic amines) is 1. The molecule has 2 aromatic rings. The maximum absolute atomic E-state index is 12.0. The van der Waals surface area contributed by atoms with Crippen LogP contribution in [0.4, 0.5) is 0 Å². The van der Waals surface area contributed by atoms with Crippen LogP contribution >= 0.6 is 0 Å². The van der Waals surface area contributed by atoms with Crippen molar-refractivity contribution in [1.82, 2.24) is 4.90 Å². The van der Waals surface area contributed by atoms with Crippen molar-refractivity contribution in [3.8, 4) is 11.1 Å². The van der Waals surface area contributed by atoms with E-state index in [-0.39, 0.29) is 18.9 Å². The Morgan fingerprint density at radius 1 is 1.04 bits per heavy atom. The lowest BCUT2D eigenvalue weighted by Crippen LogP contribution is -2.31. The molecule has 3 rings (SSSR count). The number of nitrogens with two attached hydrogens (primary N) is 1. The maximum atomic E-state index is 12.0. The van der Waals surface area contributed by atoms with Crippen LogP contribution in [-0.4, -0.2) is 31.0 Å². The van der Waals surface area contributed by atoms with E-state index in [9.17, 15) is 13.2 Å². The van der Waals surface area contributed by atoms with Crippen LogP contribution in [0.2, 0.25) is 0 Å². The standard InChI is InChI=1S/C17H18N2O3S/c18-23(21,22)16-10-17(20)19(12-16)11-13-5-4-8-15(9-13)14-6-2-1-3-7-14/h1-9,16H,10-12H2,(H2,18,21,22). The molecule has 1 amide bonds. The highest BCUT2D eigenvalue weighted by Gasteiger charge is 2.36. The fourth-order valence-corrected chi connectivity index (χ4v) is 3.57. The molecule has 0 aliphatic carbocycles. The van der Waals surface area contributed by atoms with Gasteiger partial charge < -0.3 is 4.90 Å². The number of benzene rings is 2. The Hall–Kier alpha value is -2.18. The highest BCUT2D eigenvalue weighted by atomic mass is 32.2. The first-order chi connectivity index (χ1) is 10.9. The summed E-state index contributed by atoms with van der Waals surface area (Å²) in [4.78, 5) is 13.6. The van der Waals surface area contributed by atoms with Crippen LogP contribution in [0.3, 0.4) is 0 Å². The number of hydrogen-bond acceptors (Lipinski definition) is 3. The number of amides is 1. The molecule has 1 aliphatic rings. The molecule has 1 saturated heterocycles. The first kappa shape index (κ1) is 15.7. The van der Waals surface area contributed by atoms with E-state index in [0.717, 1.165) is 16.7 Å². The smallest absolute Gasteiger partial charge is 0.224 e. The molecule has 0 spiro atoms. The topological polar surface area (TPSA) is 80.5 Å². The van der Waals surface area contributed by atoms with E-state index in [1.54, 1.807) is 4.90 Å². The normalized spacial score (nSPS) is 18.4. The minimum absolute atomic E-state index is 0.0305. The van der Waals surface area contributed by atoms with Crippen LogP contribution in [0.15, 0.2) is 54.6 Å². The lowest BCUT2D eigenvalue weighted by molar-refractivity contribution is -0.128. The lowest BCUT2D eigenvalue weighted by atomic mass is 10.0. The van der Waals surface area contributed by atoms with Crippen molar-refractivity contribution in [2.24, 2.45) is 5.14 Å². The van der Waals surface area contributed by atoms with E-state index in [1.165, 1.54) is 0 Å². The van der Waals surface area contributed by atoms with Gasteiger partial charge in [0.15, 0.2) is 0 Å². The molecule has 5 nitrogen and oxygen atoms in total. The third-order valence-electron chi connectivity index (χ3n) is 4.05. The molecular weight excluding hydrogens is 312 g/mol. The van der Waals surface area contributed by atoms with Gasteiger partial charge in [0, 0.05) is 19.5 Å². The van der Waals surface area contributed by atoms with Crippen LogP contribution in [0.5, 0.6) is 0 Å². The second kappa shape index (κ2) is 6.14. The van der Waals surface area contributed by atoms with E-state index >= 15 is 0 Å². The summed E-state index contributed by atoms with van der Waals surface area (Å²) >= 11 is 0.